The lowest BCUT2D eigenvalue weighted by atomic mass is 9.91. The van der Waals surface area contributed by atoms with Gasteiger partial charge in [0.25, 0.3) is 0 Å². The molecule has 3 N–H and O–H groups in total. The van der Waals surface area contributed by atoms with Crippen LogP contribution in [0.1, 0.15) is 18.4 Å². The van der Waals surface area contributed by atoms with E-state index in [-0.39, 0.29) is 0 Å². The van der Waals surface area contributed by atoms with E-state index < -0.39 is 0 Å². The van der Waals surface area contributed by atoms with Crippen molar-refractivity contribution in [3.8, 4) is 0 Å². The number of hydrogen-bond acceptors (Lipinski definition) is 2. The quantitative estimate of drug-likeness (QED) is 0.772. The van der Waals surface area contributed by atoms with Crippen LogP contribution in [0, 0.1) is 0 Å². The Bertz CT molecular complexity index is 404. The molecule has 1 aromatic carbocycles. The lowest BCUT2D eigenvalue weighted by Gasteiger charge is -2.17. The average Bonchev–Trinajstić information content (AvgIpc) is 2.30. The van der Waals surface area contributed by atoms with Gasteiger partial charge in [0.05, 0.1) is 5.76 Å². The van der Waals surface area contributed by atoms with Crippen molar-refractivity contribution in [1.82, 2.24) is 0 Å². The molecule has 1 aromatic rings. The molecule has 0 fully saturated rings. The summed E-state index contributed by atoms with van der Waals surface area (Å²) in [6.45, 7) is 0.395. The summed E-state index contributed by atoms with van der Waals surface area (Å²) in [6.07, 6.45) is 3.75. The first-order valence-corrected chi connectivity index (χ1v) is 5.20. The van der Waals surface area contributed by atoms with Crippen LogP contribution in [-0.4, -0.2) is 11.7 Å². The molecule has 0 aromatic heterocycles. The molecule has 0 aliphatic heterocycles. The summed E-state index contributed by atoms with van der Waals surface area (Å²) in [5.74, 6) is 0.443. The van der Waals surface area contributed by atoms with Crippen LogP contribution in [0.2, 0.25) is 0 Å². The maximum absolute atomic E-state index is 9.76. The molecule has 15 heavy (non-hydrogen) atoms. The van der Waals surface area contributed by atoms with Crippen LogP contribution in [0.5, 0.6) is 0 Å². The van der Waals surface area contributed by atoms with Crippen LogP contribution in [0.4, 0.5) is 0 Å². The molecule has 0 bridgehead atoms. The van der Waals surface area contributed by atoms with Gasteiger partial charge in [0.2, 0.25) is 0 Å². The van der Waals surface area contributed by atoms with E-state index in [2.05, 4.69) is 6.08 Å². The molecule has 0 atom stereocenters. The number of aliphatic hydroxyl groups excluding tert-OH is 1. The maximum Gasteiger partial charge on any atom is 0.0976 e. The fraction of sp³-hybridized carbons (Fsp3) is 0.231. The average molecular weight is 201 g/mol. The molecule has 2 nitrogen and oxygen atoms in total. The minimum Gasteiger partial charge on any atom is -0.512 e. The highest BCUT2D eigenvalue weighted by atomic mass is 16.3. The Balaban J connectivity index is 2.41. The summed E-state index contributed by atoms with van der Waals surface area (Å²) >= 11 is 0. The van der Waals surface area contributed by atoms with Gasteiger partial charge in [-0.25, -0.2) is 0 Å². The predicted octanol–water partition coefficient (Wildman–Crippen LogP) is 2.63. The first-order valence-electron chi connectivity index (χ1n) is 5.20. The van der Waals surface area contributed by atoms with E-state index in [0.717, 1.165) is 23.1 Å². The fourth-order valence-corrected chi connectivity index (χ4v) is 1.92. The van der Waals surface area contributed by atoms with Crippen molar-refractivity contribution in [3.63, 3.8) is 0 Å². The molecule has 0 amide bonds. The van der Waals surface area contributed by atoms with Crippen LogP contribution < -0.4 is 5.73 Å². The summed E-state index contributed by atoms with van der Waals surface area (Å²) in [5.41, 5.74) is 8.76. The molecule has 0 heterocycles. The lowest BCUT2D eigenvalue weighted by Crippen LogP contribution is -2.11. The first kappa shape index (κ1) is 9.99. The zero-order valence-electron chi connectivity index (χ0n) is 8.61. The van der Waals surface area contributed by atoms with Crippen molar-refractivity contribution < 1.29 is 5.11 Å². The highest BCUT2D eigenvalue weighted by molar-refractivity contribution is 5.80. The zero-order chi connectivity index (χ0) is 10.7. The van der Waals surface area contributed by atoms with Gasteiger partial charge < -0.3 is 10.8 Å². The third-order valence-corrected chi connectivity index (χ3v) is 2.69. The van der Waals surface area contributed by atoms with Crippen LogP contribution in [0.3, 0.4) is 0 Å². The zero-order valence-corrected chi connectivity index (χ0v) is 8.61. The van der Waals surface area contributed by atoms with Gasteiger partial charge in [0.1, 0.15) is 0 Å². The van der Waals surface area contributed by atoms with E-state index in [1.807, 2.05) is 30.3 Å². The number of nitrogens with two attached hydrogens (primary N) is 1. The van der Waals surface area contributed by atoms with E-state index >= 15 is 0 Å². The Morgan fingerprint density at radius 1 is 1.20 bits per heavy atom. The second kappa shape index (κ2) is 4.32. The van der Waals surface area contributed by atoms with Crippen molar-refractivity contribution in [2.75, 3.05) is 6.54 Å². The fourth-order valence-electron chi connectivity index (χ4n) is 1.92. The van der Waals surface area contributed by atoms with E-state index in [4.69, 9.17) is 5.73 Å². The van der Waals surface area contributed by atoms with E-state index in [0.29, 0.717) is 18.7 Å². The van der Waals surface area contributed by atoms with Gasteiger partial charge in [-0.3, -0.25) is 0 Å². The first-order chi connectivity index (χ1) is 7.33. The predicted molar refractivity (Wildman–Crippen MR) is 62.4 cm³/mol. The molecule has 0 radical (unpaired) electrons. The molecule has 2 rings (SSSR count). The second-order valence-electron chi connectivity index (χ2n) is 3.65. The highest BCUT2D eigenvalue weighted by Gasteiger charge is 2.15. The molecule has 0 saturated carbocycles. The molecule has 78 valence electrons. The van der Waals surface area contributed by atoms with Crippen molar-refractivity contribution in [2.24, 2.45) is 5.73 Å². The van der Waals surface area contributed by atoms with Gasteiger partial charge in [-0.05, 0) is 17.6 Å². The number of rotatable bonds is 2. The van der Waals surface area contributed by atoms with Gasteiger partial charge in [0, 0.05) is 18.5 Å². The van der Waals surface area contributed by atoms with Crippen molar-refractivity contribution in [3.05, 3.63) is 53.3 Å². The summed E-state index contributed by atoms with van der Waals surface area (Å²) in [6, 6.07) is 10.1. The molecule has 1 aliphatic carbocycles. The minimum absolute atomic E-state index is 0.395. The van der Waals surface area contributed by atoms with Crippen molar-refractivity contribution in [1.29, 1.82) is 0 Å². The highest BCUT2D eigenvalue weighted by Crippen LogP contribution is 2.30. The van der Waals surface area contributed by atoms with Gasteiger partial charge >= 0.3 is 0 Å². The summed E-state index contributed by atoms with van der Waals surface area (Å²) in [5, 5.41) is 9.76. The topological polar surface area (TPSA) is 46.2 Å². The minimum atomic E-state index is 0.395. The third-order valence-electron chi connectivity index (χ3n) is 2.69. The monoisotopic (exact) mass is 201 g/mol. The smallest absolute Gasteiger partial charge is 0.0976 e. The molecule has 0 spiro atoms. The van der Waals surface area contributed by atoms with Crippen LogP contribution >= 0.6 is 0 Å². The second-order valence-corrected chi connectivity index (χ2v) is 3.65. The van der Waals surface area contributed by atoms with E-state index in [1.54, 1.807) is 0 Å². The summed E-state index contributed by atoms with van der Waals surface area (Å²) in [4.78, 5) is 0. The van der Waals surface area contributed by atoms with E-state index in [9.17, 15) is 5.11 Å². The Kier molecular flexibility index (Phi) is 2.88. The van der Waals surface area contributed by atoms with Crippen molar-refractivity contribution >= 4 is 5.57 Å². The molecular formula is C13H15NO. The number of benzene rings is 1. The number of hydrogen-bond donors (Lipinski definition) is 2. The third kappa shape index (κ3) is 1.95. The Hall–Kier alpha value is -1.54. The van der Waals surface area contributed by atoms with Crippen LogP contribution in [-0.2, 0) is 0 Å². The van der Waals surface area contributed by atoms with E-state index in [1.165, 1.54) is 0 Å². The van der Waals surface area contributed by atoms with Gasteiger partial charge in [0.15, 0.2) is 0 Å². The molecule has 0 unspecified atom stereocenters. The summed E-state index contributed by atoms with van der Waals surface area (Å²) in [7, 11) is 0. The molecule has 2 heteroatoms. The van der Waals surface area contributed by atoms with Gasteiger partial charge in [-0.1, -0.05) is 36.4 Å². The normalized spacial score (nSPS) is 16.5. The van der Waals surface area contributed by atoms with Crippen molar-refractivity contribution in [2.45, 2.75) is 12.8 Å². The molecule has 1 aliphatic rings. The van der Waals surface area contributed by atoms with Gasteiger partial charge in [-0.2, -0.15) is 0 Å². The number of allylic oxidation sites excluding steroid dienone is 2. The largest absolute Gasteiger partial charge is 0.512 e. The number of aliphatic hydroxyl groups is 1. The maximum atomic E-state index is 9.76. The van der Waals surface area contributed by atoms with Gasteiger partial charge in [-0.15, -0.1) is 0 Å². The molecule has 0 saturated heterocycles. The SMILES string of the molecule is NCC1=C(O)CCC=C1c1ccccc1. The summed E-state index contributed by atoms with van der Waals surface area (Å²) < 4.78 is 0. The molecular weight excluding hydrogens is 186 g/mol. The Morgan fingerprint density at radius 2 is 1.93 bits per heavy atom. The van der Waals surface area contributed by atoms with Crippen LogP contribution in [0.15, 0.2) is 47.7 Å². The standard InChI is InChI=1S/C13H15NO/c14-9-12-11(7-4-8-13(12)15)10-5-2-1-3-6-10/h1-3,5-7,15H,4,8-9,14H2. The lowest BCUT2D eigenvalue weighted by molar-refractivity contribution is 0.382. The van der Waals surface area contributed by atoms with Crippen LogP contribution in [0.25, 0.3) is 5.57 Å². The Morgan fingerprint density at radius 3 is 2.60 bits per heavy atom. The Labute approximate surface area is 89.7 Å².